The van der Waals surface area contributed by atoms with Gasteiger partial charge in [-0.1, -0.05) is 18.2 Å². The Hall–Kier alpha value is -1.52. The van der Waals surface area contributed by atoms with Gasteiger partial charge in [0.15, 0.2) is 11.5 Å². The van der Waals surface area contributed by atoms with E-state index in [2.05, 4.69) is 31.0 Å². The Morgan fingerprint density at radius 1 is 1.41 bits per heavy atom. The van der Waals surface area contributed by atoms with Gasteiger partial charge in [-0.25, -0.2) is 0 Å². The van der Waals surface area contributed by atoms with Crippen molar-refractivity contribution in [3.63, 3.8) is 0 Å². The van der Waals surface area contributed by atoms with Crippen LogP contribution in [0, 0.1) is 0 Å². The molecule has 2 heterocycles. The number of nitrogens with zero attached hydrogens (tertiary/aromatic N) is 1. The van der Waals surface area contributed by atoms with Gasteiger partial charge < -0.3 is 14.6 Å². The zero-order valence-corrected chi connectivity index (χ0v) is 13.4. The number of rotatable bonds is 1. The second-order valence-corrected chi connectivity index (χ2v) is 6.78. The fourth-order valence-electron chi connectivity index (χ4n) is 4.28. The maximum Gasteiger partial charge on any atom is 0.166 e. The van der Waals surface area contributed by atoms with Crippen molar-refractivity contribution in [2.75, 3.05) is 20.7 Å². The van der Waals surface area contributed by atoms with Crippen LogP contribution in [0.1, 0.15) is 36.9 Å². The van der Waals surface area contributed by atoms with Crippen molar-refractivity contribution in [1.29, 1.82) is 0 Å². The fourth-order valence-corrected chi connectivity index (χ4v) is 4.28. The topological polar surface area (TPSA) is 41.9 Å². The summed E-state index contributed by atoms with van der Waals surface area (Å²) in [4.78, 5) is 2.39. The van der Waals surface area contributed by atoms with Gasteiger partial charge in [-0.15, -0.1) is 0 Å². The Bertz CT molecular complexity index is 641. The van der Waals surface area contributed by atoms with Gasteiger partial charge in [0.25, 0.3) is 0 Å². The summed E-state index contributed by atoms with van der Waals surface area (Å²) < 4.78 is 11.8. The average Bonchev–Trinajstić information content (AvgIpc) is 2.80. The molecule has 0 saturated carbocycles. The Labute approximate surface area is 131 Å². The van der Waals surface area contributed by atoms with Gasteiger partial charge in [-0.2, -0.15) is 0 Å². The third-order valence-electron chi connectivity index (χ3n) is 5.73. The van der Waals surface area contributed by atoms with E-state index in [1.165, 1.54) is 11.1 Å². The predicted molar refractivity (Wildman–Crippen MR) is 84.5 cm³/mol. The number of ether oxygens (including phenoxy) is 2. The molecule has 4 atom stereocenters. The molecule has 1 aromatic rings. The van der Waals surface area contributed by atoms with E-state index < -0.39 is 6.10 Å². The summed E-state index contributed by atoms with van der Waals surface area (Å²) in [5.74, 6) is 1.68. The van der Waals surface area contributed by atoms with E-state index in [4.69, 9.17) is 9.47 Å². The Morgan fingerprint density at radius 2 is 2.23 bits per heavy atom. The van der Waals surface area contributed by atoms with Gasteiger partial charge in [0.2, 0.25) is 0 Å². The molecule has 0 aromatic heterocycles. The van der Waals surface area contributed by atoms with Gasteiger partial charge in [0.05, 0.1) is 18.6 Å². The Kier molecular flexibility index (Phi) is 3.03. The molecule has 22 heavy (non-hydrogen) atoms. The van der Waals surface area contributed by atoms with Crippen LogP contribution in [0.15, 0.2) is 24.3 Å². The molecule has 1 aromatic carbocycles. The first kappa shape index (κ1) is 14.1. The van der Waals surface area contributed by atoms with Crippen LogP contribution in [0.25, 0.3) is 0 Å². The zero-order valence-electron chi connectivity index (χ0n) is 13.4. The molecule has 1 spiro atoms. The molecule has 1 N–H and O–H groups in total. The van der Waals surface area contributed by atoms with Gasteiger partial charge in [-0.3, -0.25) is 4.90 Å². The van der Waals surface area contributed by atoms with Crippen LogP contribution < -0.4 is 9.47 Å². The summed E-state index contributed by atoms with van der Waals surface area (Å²) in [5, 5.41) is 10.0. The summed E-state index contributed by atoms with van der Waals surface area (Å²) in [6.07, 6.45) is 5.36. The van der Waals surface area contributed by atoms with Gasteiger partial charge >= 0.3 is 0 Å². The lowest BCUT2D eigenvalue weighted by Crippen LogP contribution is -2.42. The molecule has 2 unspecified atom stereocenters. The lowest BCUT2D eigenvalue weighted by atomic mass is 9.69. The van der Waals surface area contributed by atoms with Crippen molar-refractivity contribution in [1.82, 2.24) is 4.90 Å². The minimum Gasteiger partial charge on any atom is -0.493 e. The van der Waals surface area contributed by atoms with Crippen molar-refractivity contribution in [3.8, 4) is 11.5 Å². The number of methoxy groups -OCH3 is 1. The van der Waals surface area contributed by atoms with Gasteiger partial charge in [0.1, 0.15) is 6.10 Å². The van der Waals surface area contributed by atoms with E-state index in [-0.39, 0.29) is 11.5 Å². The molecule has 0 fully saturated rings. The molecule has 4 nitrogen and oxygen atoms in total. The van der Waals surface area contributed by atoms with Gasteiger partial charge in [0, 0.05) is 18.0 Å². The first-order chi connectivity index (χ1) is 10.6. The highest BCUT2D eigenvalue weighted by Crippen LogP contribution is 2.57. The van der Waals surface area contributed by atoms with Crippen molar-refractivity contribution in [2.45, 2.75) is 43.4 Å². The van der Waals surface area contributed by atoms with Crippen molar-refractivity contribution in [2.24, 2.45) is 0 Å². The number of hydrogen-bond acceptors (Lipinski definition) is 4. The standard InChI is InChI=1S/C18H23NO3/c1-11-13-4-5-14(21-3)17-16(13)18(8-9-19(11)2)7-6-12(20)10-15(18)22-17/h4-7,11-12,15,20H,8-10H2,1-3H3/t11-,12?,15+,18?/m0/s1. The molecular weight excluding hydrogens is 278 g/mol. The molecule has 0 amide bonds. The fraction of sp³-hybridized carbons (Fsp3) is 0.556. The smallest absolute Gasteiger partial charge is 0.166 e. The number of benzene rings is 1. The molecule has 0 radical (unpaired) electrons. The molecule has 0 bridgehead atoms. The summed E-state index contributed by atoms with van der Waals surface area (Å²) in [5.41, 5.74) is 2.47. The first-order valence-corrected chi connectivity index (χ1v) is 8.02. The molecule has 3 aliphatic rings. The number of aliphatic hydroxyl groups excluding tert-OH is 1. The van der Waals surface area contributed by atoms with E-state index in [1.54, 1.807) is 7.11 Å². The van der Waals surface area contributed by atoms with Crippen LogP contribution in [0.3, 0.4) is 0 Å². The molecule has 118 valence electrons. The maximum absolute atomic E-state index is 10.0. The average molecular weight is 301 g/mol. The van der Waals surface area contributed by atoms with Crippen LogP contribution in [0.4, 0.5) is 0 Å². The highest BCUT2D eigenvalue weighted by Gasteiger charge is 2.53. The summed E-state index contributed by atoms with van der Waals surface area (Å²) in [6, 6.07) is 4.53. The monoisotopic (exact) mass is 301 g/mol. The third-order valence-corrected chi connectivity index (χ3v) is 5.73. The molecule has 4 heteroatoms. The van der Waals surface area contributed by atoms with Crippen LogP contribution in [-0.4, -0.2) is 42.9 Å². The van der Waals surface area contributed by atoms with E-state index in [1.807, 2.05) is 12.1 Å². The SMILES string of the molecule is COc1ccc2c3c1O[C@@H]1CC(O)C=CC31CCN(C)[C@H]2C. The van der Waals surface area contributed by atoms with Crippen molar-refractivity contribution >= 4 is 0 Å². The summed E-state index contributed by atoms with van der Waals surface area (Å²) in [6.45, 7) is 3.26. The Morgan fingerprint density at radius 3 is 3.00 bits per heavy atom. The van der Waals surface area contributed by atoms with E-state index >= 15 is 0 Å². The Balaban J connectivity index is 1.98. The van der Waals surface area contributed by atoms with Crippen LogP contribution in [0.2, 0.25) is 0 Å². The predicted octanol–water partition coefficient (Wildman–Crippen LogP) is 2.41. The quantitative estimate of drug-likeness (QED) is 0.809. The first-order valence-electron chi connectivity index (χ1n) is 8.02. The largest absolute Gasteiger partial charge is 0.493 e. The summed E-state index contributed by atoms with van der Waals surface area (Å²) >= 11 is 0. The lowest BCUT2D eigenvalue weighted by molar-refractivity contribution is 0.0813. The minimum atomic E-state index is -0.419. The van der Waals surface area contributed by atoms with Crippen LogP contribution in [0.5, 0.6) is 11.5 Å². The van der Waals surface area contributed by atoms with E-state index in [0.29, 0.717) is 12.5 Å². The van der Waals surface area contributed by atoms with Crippen molar-refractivity contribution in [3.05, 3.63) is 35.4 Å². The second kappa shape index (κ2) is 4.74. The van der Waals surface area contributed by atoms with Crippen molar-refractivity contribution < 1.29 is 14.6 Å². The molecular formula is C18H23NO3. The van der Waals surface area contributed by atoms with E-state index in [9.17, 15) is 5.11 Å². The number of hydrogen-bond donors (Lipinski definition) is 1. The lowest BCUT2D eigenvalue weighted by Gasteiger charge is -2.35. The number of aliphatic hydroxyl groups is 1. The zero-order chi connectivity index (χ0) is 15.5. The normalized spacial score (nSPS) is 36.3. The molecule has 0 saturated heterocycles. The maximum atomic E-state index is 10.0. The molecule has 4 rings (SSSR count). The highest BCUT2D eigenvalue weighted by atomic mass is 16.5. The van der Waals surface area contributed by atoms with Gasteiger partial charge in [-0.05, 0) is 38.6 Å². The molecule has 1 aliphatic carbocycles. The summed E-state index contributed by atoms with van der Waals surface area (Å²) in [7, 11) is 3.86. The highest BCUT2D eigenvalue weighted by molar-refractivity contribution is 5.61. The molecule has 2 aliphatic heterocycles. The van der Waals surface area contributed by atoms with E-state index in [0.717, 1.165) is 24.5 Å². The van der Waals surface area contributed by atoms with Crippen LogP contribution in [-0.2, 0) is 5.41 Å². The third kappa shape index (κ3) is 1.71. The second-order valence-electron chi connectivity index (χ2n) is 6.78. The van der Waals surface area contributed by atoms with Crippen LogP contribution >= 0.6 is 0 Å². The minimum absolute atomic E-state index is 0.00347.